The average molecular weight is 405 g/mol. The van der Waals surface area contributed by atoms with E-state index in [1.165, 1.54) is 48.5 Å². The zero-order valence-electron chi connectivity index (χ0n) is 12.9. The van der Waals surface area contributed by atoms with Gasteiger partial charge in [0.25, 0.3) is 0 Å². The van der Waals surface area contributed by atoms with Gasteiger partial charge in [-0.1, -0.05) is 24.3 Å². The molecule has 26 heavy (non-hydrogen) atoms. The molecule has 0 bridgehead atoms. The molecule has 10 heteroatoms. The molecule has 8 nitrogen and oxygen atoms in total. The number of aromatic carboxylic acids is 4. The van der Waals surface area contributed by atoms with E-state index in [2.05, 4.69) is 0 Å². The first kappa shape index (κ1) is 25.1. The lowest BCUT2D eigenvalue weighted by Gasteiger charge is -1.98. The van der Waals surface area contributed by atoms with Gasteiger partial charge in [0.2, 0.25) is 0 Å². The Morgan fingerprint density at radius 2 is 0.615 bits per heavy atom. The maximum Gasteiger partial charge on any atom is 0.336 e. The molecule has 0 heterocycles. The van der Waals surface area contributed by atoms with E-state index in [-0.39, 0.29) is 47.1 Å². The van der Waals surface area contributed by atoms with Crippen molar-refractivity contribution in [1.82, 2.24) is 0 Å². The van der Waals surface area contributed by atoms with Crippen LogP contribution >= 0.6 is 24.8 Å². The molecule has 0 fully saturated rings. The number of halogens is 2. The van der Waals surface area contributed by atoms with Crippen molar-refractivity contribution in [2.24, 2.45) is 0 Å². The number of benzene rings is 2. The van der Waals surface area contributed by atoms with Gasteiger partial charge in [-0.25, -0.2) is 19.2 Å². The van der Waals surface area contributed by atoms with Crippen molar-refractivity contribution in [3.63, 3.8) is 0 Å². The van der Waals surface area contributed by atoms with E-state index in [4.69, 9.17) is 20.4 Å². The van der Waals surface area contributed by atoms with Crippen molar-refractivity contribution in [2.75, 3.05) is 0 Å². The van der Waals surface area contributed by atoms with Crippen molar-refractivity contribution >= 4 is 48.7 Å². The maximum absolute atomic E-state index is 10.5. The van der Waals surface area contributed by atoms with E-state index in [1.54, 1.807) is 0 Å². The number of carboxylic acid groups (broad SMARTS) is 4. The van der Waals surface area contributed by atoms with E-state index in [0.717, 1.165) is 0 Å². The summed E-state index contributed by atoms with van der Waals surface area (Å²) in [5.41, 5.74) is -0.759. The van der Waals surface area contributed by atoms with Crippen LogP contribution in [0.1, 0.15) is 41.4 Å². The minimum Gasteiger partial charge on any atom is -0.478 e. The molecule has 0 aliphatic heterocycles. The Labute approximate surface area is 159 Å². The third-order valence-corrected chi connectivity index (χ3v) is 2.78. The fraction of sp³-hybridized carbons (Fsp3) is 0. The Hall–Kier alpha value is -3.10. The van der Waals surface area contributed by atoms with Gasteiger partial charge in [0.05, 0.1) is 22.3 Å². The van der Waals surface area contributed by atoms with Crippen LogP contribution in [-0.2, 0) is 0 Å². The van der Waals surface area contributed by atoms with Crippen molar-refractivity contribution in [2.45, 2.75) is 0 Å². The summed E-state index contributed by atoms with van der Waals surface area (Å²) in [6.07, 6.45) is 0. The number of carbonyl (C=O) groups is 4. The van der Waals surface area contributed by atoms with Crippen LogP contribution in [0.25, 0.3) is 0 Å². The Bertz CT molecular complexity index is 671. The molecule has 0 amide bonds. The number of hydrogen-bond acceptors (Lipinski definition) is 4. The van der Waals surface area contributed by atoms with E-state index in [9.17, 15) is 19.2 Å². The zero-order valence-corrected chi connectivity index (χ0v) is 14.5. The summed E-state index contributed by atoms with van der Waals surface area (Å²) in [7, 11) is 0. The van der Waals surface area contributed by atoms with Crippen molar-refractivity contribution in [1.29, 1.82) is 0 Å². The Balaban J connectivity index is 0. The predicted molar refractivity (Wildman–Crippen MR) is 95.2 cm³/mol. The van der Waals surface area contributed by atoms with Crippen LogP contribution < -0.4 is 0 Å². The van der Waals surface area contributed by atoms with Crippen molar-refractivity contribution in [3.05, 3.63) is 70.8 Å². The van der Waals surface area contributed by atoms with Crippen LogP contribution in [0.5, 0.6) is 0 Å². The highest BCUT2D eigenvalue weighted by molar-refractivity contribution is 6.02. The highest BCUT2D eigenvalue weighted by Crippen LogP contribution is 2.08. The molecule has 0 atom stereocenters. The second-order valence-corrected chi connectivity index (χ2v) is 4.31. The van der Waals surface area contributed by atoms with Crippen LogP contribution in [0.3, 0.4) is 0 Å². The van der Waals surface area contributed by atoms with Crippen LogP contribution in [0.2, 0.25) is 0 Å². The fourth-order valence-corrected chi connectivity index (χ4v) is 1.71. The van der Waals surface area contributed by atoms with Crippen LogP contribution in [0.15, 0.2) is 48.5 Å². The molecule has 0 aliphatic rings. The quantitative estimate of drug-likeness (QED) is 0.607. The van der Waals surface area contributed by atoms with Gasteiger partial charge < -0.3 is 20.4 Å². The molecule has 2 rings (SSSR count). The monoisotopic (exact) mass is 404 g/mol. The minimum atomic E-state index is -1.23. The van der Waals surface area contributed by atoms with Gasteiger partial charge in [0.15, 0.2) is 0 Å². The lowest BCUT2D eigenvalue weighted by molar-refractivity contribution is 0.0651. The van der Waals surface area contributed by atoms with Gasteiger partial charge in [-0.2, -0.15) is 0 Å². The second-order valence-electron chi connectivity index (χ2n) is 4.31. The minimum absolute atomic E-state index is 0. The van der Waals surface area contributed by atoms with E-state index < -0.39 is 23.9 Å². The summed E-state index contributed by atoms with van der Waals surface area (Å²) in [6, 6.07) is 11.0. The zero-order chi connectivity index (χ0) is 18.3. The van der Waals surface area contributed by atoms with Crippen molar-refractivity contribution < 1.29 is 39.6 Å². The normalized spacial score (nSPS) is 8.62. The Morgan fingerprint density at radius 1 is 0.462 bits per heavy atom. The third-order valence-electron chi connectivity index (χ3n) is 2.78. The number of carboxylic acids is 4. The molecule has 0 unspecified atom stereocenters. The number of hydrogen-bond donors (Lipinski definition) is 4. The maximum atomic E-state index is 10.5. The highest BCUT2D eigenvalue weighted by atomic mass is 35.5. The first-order valence-corrected chi connectivity index (χ1v) is 6.37. The summed E-state index contributed by atoms with van der Waals surface area (Å²) in [5.74, 6) is -4.91. The van der Waals surface area contributed by atoms with Crippen LogP contribution in [-0.4, -0.2) is 44.3 Å². The molecule has 0 aliphatic carbocycles. The molecule has 2 aromatic carbocycles. The predicted octanol–water partition coefficient (Wildman–Crippen LogP) is 3.01. The van der Waals surface area contributed by atoms with Gasteiger partial charge >= 0.3 is 23.9 Å². The molecule has 4 N–H and O–H groups in total. The second kappa shape index (κ2) is 11.5. The SMILES string of the molecule is Cl.Cl.O=C(O)c1ccccc1C(=O)O.O=C(O)c1ccccc1C(=O)O. The largest absolute Gasteiger partial charge is 0.478 e. The molecule has 0 spiro atoms. The molecule has 2 aromatic rings. The van der Waals surface area contributed by atoms with Gasteiger partial charge in [-0.15, -0.1) is 24.8 Å². The first-order chi connectivity index (χ1) is 11.3. The summed E-state index contributed by atoms with van der Waals surface area (Å²) >= 11 is 0. The number of rotatable bonds is 4. The summed E-state index contributed by atoms with van der Waals surface area (Å²) in [4.78, 5) is 41.9. The standard InChI is InChI=1S/2C8H6O4.2ClH/c2*9-7(10)5-3-1-2-4-6(5)8(11)12;;/h2*1-4H,(H,9,10)(H,11,12);2*1H. The Morgan fingerprint density at radius 3 is 0.731 bits per heavy atom. The lowest BCUT2D eigenvalue weighted by atomic mass is 10.1. The molecule has 140 valence electrons. The molecular weight excluding hydrogens is 391 g/mol. The molecule has 0 saturated heterocycles. The highest BCUT2D eigenvalue weighted by Gasteiger charge is 2.14. The fourth-order valence-electron chi connectivity index (χ4n) is 1.71. The smallest absolute Gasteiger partial charge is 0.336 e. The van der Waals surface area contributed by atoms with Gasteiger partial charge in [0.1, 0.15) is 0 Å². The third kappa shape index (κ3) is 6.80. The lowest BCUT2D eigenvalue weighted by Crippen LogP contribution is -2.06. The summed E-state index contributed by atoms with van der Waals surface area (Å²) in [6.45, 7) is 0. The molecular formula is C16H14Cl2O8. The van der Waals surface area contributed by atoms with Crippen LogP contribution in [0, 0.1) is 0 Å². The molecule has 0 aromatic heterocycles. The van der Waals surface area contributed by atoms with Crippen LogP contribution in [0.4, 0.5) is 0 Å². The Kier molecular flexibility index (Phi) is 11.1. The average Bonchev–Trinajstić information content (AvgIpc) is 2.55. The summed E-state index contributed by atoms with van der Waals surface area (Å²) < 4.78 is 0. The van der Waals surface area contributed by atoms with E-state index in [0.29, 0.717) is 0 Å². The van der Waals surface area contributed by atoms with E-state index in [1.807, 2.05) is 0 Å². The summed E-state index contributed by atoms with van der Waals surface area (Å²) in [5, 5.41) is 34.2. The first-order valence-electron chi connectivity index (χ1n) is 6.37. The van der Waals surface area contributed by atoms with E-state index >= 15 is 0 Å². The van der Waals surface area contributed by atoms with Gasteiger partial charge in [-0.3, -0.25) is 0 Å². The van der Waals surface area contributed by atoms with Gasteiger partial charge in [-0.05, 0) is 24.3 Å². The molecule has 0 saturated carbocycles. The van der Waals surface area contributed by atoms with Gasteiger partial charge in [0, 0.05) is 0 Å². The topological polar surface area (TPSA) is 149 Å². The van der Waals surface area contributed by atoms with Crippen molar-refractivity contribution in [3.8, 4) is 0 Å². The molecule has 0 radical (unpaired) electrons.